The summed E-state index contributed by atoms with van der Waals surface area (Å²) in [5.74, 6) is 0.453. The van der Waals surface area contributed by atoms with E-state index in [1.165, 1.54) is 22.3 Å². The standard InChI is InChI=1S/C18H23N/c1-4-14-13-15-9-7-8-10-17(15)18(16(14)5-2)11-12-19-6-3/h4-5,7-10,18-19H,1-2,6,11-13H2,3H3. The molecule has 1 aromatic carbocycles. The Morgan fingerprint density at radius 1 is 1.26 bits per heavy atom. The quantitative estimate of drug-likeness (QED) is 0.756. The van der Waals surface area contributed by atoms with Gasteiger partial charge in [-0.3, -0.25) is 0 Å². The number of allylic oxidation sites excluding steroid dienone is 4. The first-order valence-corrected chi connectivity index (χ1v) is 7.08. The normalized spacial score (nSPS) is 18.1. The summed E-state index contributed by atoms with van der Waals surface area (Å²) in [5, 5.41) is 3.42. The highest BCUT2D eigenvalue weighted by molar-refractivity contribution is 5.51. The lowest BCUT2D eigenvalue weighted by molar-refractivity contribution is 0.617. The van der Waals surface area contributed by atoms with Crippen LogP contribution in [0.4, 0.5) is 0 Å². The second-order valence-corrected chi connectivity index (χ2v) is 4.96. The molecule has 0 saturated carbocycles. The first-order valence-electron chi connectivity index (χ1n) is 7.08. The molecule has 1 aliphatic rings. The van der Waals surface area contributed by atoms with Gasteiger partial charge >= 0.3 is 0 Å². The second-order valence-electron chi connectivity index (χ2n) is 4.96. The number of benzene rings is 1. The Morgan fingerprint density at radius 3 is 2.74 bits per heavy atom. The highest BCUT2D eigenvalue weighted by Gasteiger charge is 2.24. The fourth-order valence-corrected chi connectivity index (χ4v) is 2.93. The Balaban J connectivity index is 2.35. The van der Waals surface area contributed by atoms with Crippen molar-refractivity contribution in [3.8, 4) is 0 Å². The van der Waals surface area contributed by atoms with Crippen LogP contribution in [0.25, 0.3) is 0 Å². The van der Waals surface area contributed by atoms with Gasteiger partial charge in [0.1, 0.15) is 0 Å². The minimum absolute atomic E-state index is 0.453. The topological polar surface area (TPSA) is 12.0 Å². The van der Waals surface area contributed by atoms with E-state index in [-0.39, 0.29) is 0 Å². The van der Waals surface area contributed by atoms with Gasteiger partial charge in [0, 0.05) is 5.92 Å². The van der Waals surface area contributed by atoms with E-state index in [0.717, 1.165) is 25.9 Å². The molecule has 0 radical (unpaired) electrons. The number of rotatable bonds is 6. The van der Waals surface area contributed by atoms with Gasteiger partial charge in [-0.1, -0.05) is 56.5 Å². The lowest BCUT2D eigenvalue weighted by Gasteiger charge is -2.29. The fourth-order valence-electron chi connectivity index (χ4n) is 2.93. The van der Waals surface area contributed by atoms with E-state index in [0.29, 0.717) is 5.92 Å². The van der Waals surface area contributed by atoms with Gasteiger partial charge in [-0.15, -0.1) is 0 Å². The Hall–Kier alpha value is -1.60. The van der Waals surface area contributed by atoms with E-state index >= 15 is 0 Å². The van der Waals surface area contributed by atoms with Crippen LogP contribution in [-0.2, 0) is 6.42 Å². The van der Waals surface area contributed by atoms with Gasteiger partial charge in [0.2, 0.25) is 0 Å². The van der Waals surface area contributed by atoms with Gasteiger partial charge < -0.3 is 5.32 Å². The Labute approximate surface area is 116 Å². The molecule has 0 aliphatic heterocycles. The summed E-state index contributed by atoms with van der Waals surface area (Å²) in [6.07, 6.45) is 6.11. The van der Waals surface area contributed by atoms with Gasteiger partial charge in [0.05, 0.1) is 0 Å². The van der Waals surface area contributed by atoms with E-state index < -0.39 is 0 Å². The van der Waals surface area contributed by atoms with Crippen LogP contribution in [0.1, 0.15) is 30.4 Å². The van der Waals surface area contributed by atoms with Crippen LogP contribution < -0.4 is 5.32 Å². The fraction of sp³-hybridized carbons (Fsp3) is 0.333. The highest BCUT2D eigenvalue weighted by Crippen LogP contribution is 2.38. The molecule has 0 spiro atoms. The maximum Gasteiger partial charge on any atom is 0.0107 e. The van der Waals surface area contributed by atoms with Gasteiger partial charge in [0.25, 0.3) is 0 Å². The van der Waals surface area contributed by atoms with Gasteiger partial charge in [-0.25, -0.2) is 0 Å². The maximum atomic E-state index is 4.01. The van der Waals surface area contributed by atoms with E-state index in [4.69, 9.17) is 0 Å². The van der Waals surface area contributed by atoms with Crippen molar-refractivity contribution in [1.82, 2.24) is 5.32 Å². The minimum Gasteiger partial charge on any atom is -0.317 e. The van der Waals surface area contributed by atoms with Crippen molar-refractivity contribution in [2.45, 2.75) is 25.7 Å². The smallest absolute Gasteiger partial charge is 0.0107 e. The maximum absolute atomic E-state index is 4.01. The van der Waals surface area contributed by atoms with Crippen LogP contribution in [0, 0.1) is 0 Å². The van der Waals surface area contributed by atoms with Crippen LogP contribution in [0.2, 0.25) is 0 Å². The lowest BCUT2D eigenvalue weighted by Crippen LogP contribution is -2.20. The molecule has 19 heavy (non-hydrogen) atoms. The van der Waals surface area contributed by atoms with Crippen molar-refractivity contribution >= 4 is 0 Å². The predicted molar refractivity (Wildman–Crippen MR) is 83.5 cm³/mol. The third-order valence-corrected chi connectivity index (χ3v) is 3.88. The molecule has 0 saturated heterocycles. The molecule has 1 aromatic rings. The zero-order chi connectivity index (χ0) is 13.7. The predicted octanol–water partition coefficient (Wildman–Crippen LogP) is 3.99. The molecule has 1 atom stereocenters. The molecule has 2 rings (SSSR count). The number of hydrogen-bond acceptors (Lipinski definition) is 1. The number of fused-ring (bicyclic) bond motifs is 1. The zero-order valence-corrected chi connectivity index (χ0v) is 11.8. The largest absolute Gasteiger partial charge is 0.317 e. The molecule has 0 bridgehead atoms. The molecule has 1 nitrogen and oxygen atoms in total. The third kappa shape index (κ3) is 2.87. The molecule has 100 valence electrons. The summed E-state index contributed by atoms with van der Waals surface area (Å²) < 4.78 is 0. The van der Waals surface area contributed by atoms with Crippen LogP contribution in [0.5, 0.6) is 0 Å². The van der Waals surface area contributed by atoms with Crippen molar-refractivity contribution in [2.24, 2.45) is 0 Å². The van der Waals surface area contributed by atoms with Crippen LogP contribution in [-0.4, -0.2) is 13.1 Å². The molecule has 0 heterocycles. The highest BCUT2D eigenvalue weighted by atomic mass is 14.8. The third-order valence-electron chi connectivity index (χ3n) is 3.88. The van der Waals surface area contributed by atoms with Gasteiger partial charge in [0.15, 0.2) is 0 Å². The van der Waals surface area contributed by atoms with Crippen molar-refractivity contribution in [1.29, 1.82) is 0 Å². The van der Waals surface area contributed by atoms with E-state index in [1.807, 2.05) is 12.2 Å². The summed E-state index contributed by atoms with van der Waals surface area (Å²) in [5.41, 5.74) is 5.58. The van der Waals surface area contributed by atoms with E-state index in [9.17, 15) is 0 Å². The Bertz CT molecular complexity index is 496. The summed E-state index contributed by atoms with van der Waals surface area (Å²) >= 11 is 0. The Morgan fingerprint density at radius 2 is 2.05 bits per heavy atom. The minimum atomic E-state index is 0.453. The van der Waals surface area contributed by atoms with Crippen molar-refractivity contribution in [2.75, 3.05) is 13.1 Å². The summed E-state index contributed by atoms with van der Waals surface area (Å²) in [7, 11) is 0. The first kappa shape index (κ1) is 13.8. The first-order chi connectivity index (χ1) is 9.31. The summed E-state index contributed by atoms with van der Waals surface area (Å²) in [6.45, 7) is 12.2. The number of hydrogen-bond donors (Lipinski definition) is 1. The van der Waals surface area contributed by atoms with Gasteiger partial charge in [-0.2, -0.15) is 0 Å². The molecule has 0 fully saturated rings. The molecule has 1 unspecified atom stereocenters. The average molecular weight is 253 g/mol. The second kappa shape index (κ2) is 6.53. The van der Waals surface area contributed by atoms with Gasteiger partial charge in [-0.05, 0) is 48.2 Å². The SMILES string of the molecule is C=CC1=C(C=C)C(CCNCC)c2ccccc2C1. The lowest BCUT2D eigenvalue weighted by atomic mass is 9.76. The Kier molecular flexibility index (Phi) is 4.75. The van der Waals surface area contributed by atoms with Crippen LogP contribution in [0.3, 0.4) is 0 Å². The molecule has 1 aliphatic carbocycles. The molecule has 1 N–H and O–H groups in total. The van der Waals surface area contributed by atoms with Crippen LogP contribution in [0.15, 0.2) is 60.7 Å². The molecule has 0 aromatic heterocycles. The van der Waals surface area contributed by atoms with E-state index in [2.05, 4.69) is 49.7 Å². The molecule has 1 heteroatoms. The van der Waals surface area contributed by atoms with Crippen LogP contribution >= 0.6 is 0 Å². The average Bonchev–Trinajstić information content (AvgIpc) is 2.46. The molecule has 0 amide bonds. The summed E-state index contributed by atoms with van der Waals surface area (Å²) in [4.78, 5) is 0. The van der Waals surface area contributed by atoms with Crippen molar-refractivity contribution in [3.63, 3.8) is 0 Å². The van der Waals surface area contributed by atoms with Crippen molar-refractivity contribution < 1.29 is 0 Å². The summed E-state index contributed by atoms with van der Waals surface area (Å²) in [6, 6.07) is 8.76. The molecular formula is C18H23N. The van der Waals surface area contributed by atoms with Crippen molar-refractivity contribution in [3.05, 3.63) is 71.8 Å². The zero-order valence-electron chi connectivity index (χ0n) is 11.8. The number of nitrogens with one attached hydrogen (secondary N) is 1. The van der Waals surface area contributed by atoms with E-state index in [1.54, 1.807) is 0 Å². The monoisotopic (exact) mass is 253 g/mol. The molecular weight excluding hydrogens is 230 g/mol.